The van der Waals surface area contributed by atoms with Crippen molar-refractivity contribution in [2.24, 2.45) is 0 Å². The Morgan fingerprint density at radius 2 is 2.05 bits per heavy atom. The van der Waals surface area contributed by atoms with E-state index in [4.69, 9.17) is 10.5 Å². The van der Waals surface area contributed by atoms with Crippen molar-refractivity contribution >= 4 is 45.0 Å². The van der Waals surface area contributed by atoms with Gasteiger partial charge in [0, 0.05) is 5.69 Å². The van der Waals surface area contributed by atoms with Crippen LogP contribution in [0.25, 0.3) is 10.2 Å². The number of nitrogens with two attached hydrogens (primary N) is 1. The molecule has 0 bridgehead atoms. The van der Waals surface area contributed by atoms with Gasteiger partial charge in [-0.05, 0) is 24.3 Å². The predicted octanol–water partition coefficient (Wildman–Crippen LogP) is 3.82. The molecule has 0 fully saturated rings. The first kappa shape index (κ1) is 13.9. The van der Waals surface area contributed by atoms with E-state index in [1.54, 1.807) is 29.5 Å². The van der Waals surface area contributed by atoms with Gasteiger partial charge in [0.05, 0.1) is 27.8 Å². The highest BCUT2D eigenvalue weighted by Gasteiger charge is 2.17. The number of ether oxygens (including phenoxy) is 1. The number of carbonyl (C=O) groups excluding carboxylic acids is 1. The summed E-state index contributed by atoms with van der Waals surface area (Å²) in [5, 5.41) is 0. The number of anilines is 1. The van der Waals surface area contributed by atoms with Crippen molar-refractivity contribution in [2.45, 2.75) is 9.24 Å². The van der Waals surface area contributed by atoms with Crippen LogP contribution in [-0.4, -0.2) is 18.1 Å². The number of hydrogen-bond donors (Lipinski definition) is 1. The minimum absolute atomic E-state index is 0.397. The van der Waals surface area contributed by atoms with Gasteiger partial charge >= 0.3 is 5.97 Å². The molecule has 0 aliphatic rings. The summed E-state index contributed by atoms with van der Waals surface area (Å²) in [4.78, 5) is 17.1. The molecule has 0 aliphatic carbocycles. The molecule has 1 heterocycles. The highest BCUT2D eigenvalue weighted by Crippen LogP contribution is 2.38. The van der Waals surface area contributed by atoms with Crippen molar-refractivity contribution in [2.75, 3.05) is 12.8 Å². The van der Waals surface area contributed by atoms with E-state index in [1.807, 2.05) is 24.3 Å². The zero-order valence-electron chi connectivity index (χ0n) is 11.2. The van der Waals surface area contributed by atoms with Gasteiger partial charge in [-0.3, -0.25) is 0 Å². The van der Waals surface area contributed by atoms with Gasteiger partial charge in [-0.1, -0.05) is 30.0 Å². The molecule has 3 aromatic rings. The number of para-hydroxylation sites is 1. The number of methoxy groups -OCH3 is 1. The first-order valence-electron chi connectivity index (χ1n) is 6.19. The third-order valence-electron chi connectivity index (χ3n) is 2.91. The summed E-state index contributed by atoms with van der Waals surface area (Å²) in [7, 11) is 1.36. The molecular weight excluding hydrogens is 304 g/mol. The first-order valence-corrected chi connectivity index (χ1v) is 7.82. The zero-order chi connectivity index (χ0) is 14.8. The molecule has 1 aromatic heterocycles. The van der Waals surface area contributed by atoms with Gasteiger partial charge < -0.3 is 10.5 Å². The number of benzene rings is 2. The average molecular weight is 316 g/mol. The molecule has 0 saturated heterocycles. The number of nitrogens with zero attached hydrogens (tertiary/aromatic N) is 1. The minimum atomic E-state index is -0.397. The Labute approximate surface area is 129 Å². The summed E-state index contributed by atoms with van der Waals surface area (Å²) in [5.41, 5.74) is 7.95. The largest absolute Gasteiger partial charge is 0.465 e. The molecule has 4 nitrogen and oxygen atoms in total. The number of hydrogen-bond acceptors (Lipinski definition) is 6. The second kappa shape index (κ2) is 5.75. The SMILES string of the molecule is COC(=O)c1cccc(N)c1Sc1nc2ccccc2s1. The second-order valence-corrected chi connectivity index (χ2v) is 6.55. The molecule has 3 rings (SSSR count). The van der Waals surface area contributed by atoms with Crippen LogP contribution >= 0.6 is 23.1 Å². The maximum atomic E-state index is 11.8. The lowest BCUT2D eigenvalue weighted by molar-refractivity contribution is 0.0597. The van der Waals surface area contributed by atoms with Crippen LogP contribution in [0.2, 0.25) is 0 Å². The normalized spacial score (nSPS) is 10.7. The Hall–Kier alpha value is -2.05. The maximum absolute atomic E-state index is 11.8. The van der Waals surface area contributed by atoms with Crippen LogP contribution in [-0.2, 0) is 4.74 Å². The molecule has 0 atom stereocenters. The molecule has 6 heteroatoms. The molecule has 2 N–H and O–H groups in total. The fourth-order valence-electron chi connectivity index (χ4n) is 1.92. The van der Waals surface area contributed by atoms with Gasteiger partial charge in [0.15, 0.2) is 4.34 Å². The van der Waals surface area contributed by atoms with Crippen LogP contribution in [0.4, 0.5) is 5.69 Å². The molecule has 0 spiro atoms. The van der Waals surface area contributed by atoms with E-state index in [2.05, 4.69) is 4.98 Å². The molecule has 2 aromatic carbocycles. The molecule has 0 aliphatic heterocycles. The topological polar surface area (TPSA) is 65.2 Å². The molecule has 0 radical (unpaired) electrons. The van der Waals surface area contributed by atoms with Crippen molar-refractivity contribution in [3.8, 4) is 0 Å². The van der Waals surface area contributed by atoms with Gasteiger partial charge in [0.25, 0.3) is 0 Å². The predicted molar refractivity (Wildman–Crippen MR) is 85.9 cm³/mol. The van der Waals surface area contributed by atoms with Crippen molar-refractivity contribution in [1.82, 2.24) is 4.98 Å². The van der Waals surface area contributed by atoms with E-state index in [0.717, 1.165) is 14.6 Å². The highest BCUT2D eigenvalue weighted by atomic mass is 32.2. The smallest absolute Gasteiger partial charge is 0.339 e. The average Bonchev–Trinajstić information content (AvgIpc) is 2.91. The van der Waals surface area contributed by atoms with Crippen LogP contribution < -0.4 is 5.73 Å². The lowest BCUT2D eigenvalue weighted by Gasteiger charge is -2.08. The standard InChI is InChI=1S/C15H12N2O2S2/c1-19-14(18)9-5-4-6-10(16)13(9)21-15-17-11-7-2-3-8-12(11)20-15/h2-8H,16H2,1H3. The third-order valence-corrected chi connectivity index (χ3v) is 5.17. The third kappa shape index (κ3) is 2.72. The number of fused-ring (bicyclic) bond motifs is 1. The number of carbonyl (C=O) groups is 1. The molecule has 0 unspecified atom stereocenters. The van der Waals surface area contributed by atoms with Crippen LogP contribution in [0, 0.1) is 0 Å². The summed E-state index contributed by atoms with van der Waals surface area (Å²) >= 11 is 2.96. The lowest BCUT2D eigenvalue weighted by atomic mass is 10.2. The van der Waals surface area contributed by atoms with Crippen molar-refractivity contribution in [3.63, 3.8) is 0 Å². The quantitative estimate of drug-likeness (QED) is 0.588. The van der Waals surface area contributed by atoms with Gasteiger partial charge in [0.1, 0.15) is 0 Å². The Morgan fingerprint density at radius 3 is 2.81 bits per heavy atom. The lowest BCUT2D eigenvalue weighted by Crippen LogP contribution is -2.04. The van der Waals surface area contributed by atoms with E-state index >= 15 is 0 Å². The number of rotatable bonds is 3. The summed E-state index contributed by atoms with van der Waals surface area (Å²) < 4.78 is 6.76. The van der Waals surface area contributed by atoms with Gasteiger partial charge in [-0.2, -0.15) is 0 Å². The van der Waals surface area contributed by atoms with Crippen LogP contribution in [0.15, 0.2) is 51.7 Å². The monoisotopic (exact) mass is 316 g/mol. The molecule has 0 saturated carbocycles. The Bertz CT molecular complexity index is 781. The zero-order valence-corrected chi connectivity index (χ0v) is 12.8. The number of esters is 1. The summed E-state index contributed by atoms with van der Waals surface area (Å²) in [6.45, 7) is 0. The van der Waals surface area contributed by atoms with E-state index < -0.39 is 5.97 Å². The van der Waals surface area contributed by atoms with Gasteiger partial charge in [0.2, 0.25) is 0 Å². The Kier molecular flexibility index (Phi) is 3.81. The van der Waals surface area contributed by atoms with Gasteiger partial charge in [-0.25, -0.2) is 9.78 Å². The van der Waals surface area contributed by atoms with Crippen molar-refractivity contribution < 1.29 is 9.53 Å². The molecule has 106 valence electrons. The maximum Gasteiger partial charge on any atom is 0.339 e. The van der Waals surface area contributed by atoms with Crippen LogP contribution in [0.5, 0.6) is 0 Å². The van der Waals surface area contributed by atoms with Crippen molar-refractivity contribution in [1.29, 1.82) is 0 Å². The van der Waals surface area contributed by atoms with Crippen LogP contribution in [0.3, 0.4) is 0 Å². The van der Waals surface area contributed by atoms with E-state index in [9.17, 15) is 4.79 Å². The number of nitrogen functional groups attached to an aromatic ring is 1. The molecule has 21 heavy (non-hydrogen) atoms. The van der Waals surface area contributed by atoms with E-state index in [-0.39, 0.29) is 0 Å². The van der Waals surface area contributed by atoms with E-state index in [0.29, 0.717) is 16.1 Å². The Morgan fingerprint density at radius 1 is 1.24 bits per heavy atom. The molecule has 0 amide bonds. The summed E-state index contributed by atoms with van der Waals surface area (Å²) in [5.74, 6) is -0.397. The fraction of sp³-hybridized carbons (Fsp3) is 0.0667. The molecular formula is C15H12N2O2S2. The number of thiazole rings is 1. The van der Waals surface area contributed by atoms with E-state index in [1.165, 1.54) is 18.9 Å². The number of aromatic nitrogens is 1. The van der Waals surface area contributed by atoms with Gasteiger partial charge in [-0.15, -0.1) is 11.3 Å². The fourth-order valence-corrected chi connectivity index (χ4v) is 4.07. The second-order valence-electron chi connectivity index (χ2n) is 4.27. The minimum Gasteiger partial charge on any atom is -0.465 e. The Balaban J connectivity index is 2.02. The summed E-state index contributed by atoms with van der Waals surface area (Å²) in [6, 6.07) is 13.1. The highest BCUT2D eigenvalue weighted by molar-refractivity contribution is 8.01. The first-order chi connectivity index (χ1) is 10.2. The van der Waals surface area contributed by atoms with Crippen molar-refractivity contribution in [3.05, 3.63) is 48.0 Å². The summed E-state index contributed by atoms with van der Waals surface area (Å²) in [6.07, 6.45) is 0. The van der Waals surface area contributed by atoms with Crippen LogP contribution in [0.1, 0.15) is 10.4 Å².